The second-order valence-electron chi connectivity index (χ2n) is 5.98. The topological polar surface area (TPSA) is 59.1 Å². The SMILES string of the molecule is CC(NC(=O)[C@]1(F)CCC(=O)c2ncccc21)c1ccc(F)cc1Cl. The Morgan fingerprint density at radius 2 is 2.16 bits per heavy atom. The van der Waals surface area contributed by atoms with Gasteiger partial charge in [-0.05, 0) is 30.7 Å². The average Bonchev–Trinajstić information content (AvgIpc) is 2.58. The molecule has 25 heavy (non-hydrogen) atoms. The normalized spacial score (nSPS) is 20.7. The number of hydrogen-bond donors (Lipinski definition) is 1. The number of rotatable bonds is 3. The summed E-state index contributed by atoms with van der Waals surface area (Å²) in [5, 5.41) is 2.70. The van der Waals surface area contributed by atoms with Gasteiger partial charge in [0.1, 0.15) is 11.5 Å². The molecular formula is C18H15ClF2N2O2. The van der Waals surface area contributed by atoms with Crippen molar-refractivity contribution in [3.05, 3.63) is 64.2 Å². The highest BCUT2D eigenvalue weighted by Gasteiger charge is 2.47. The van der Waals surface area contributed by atoms with E-state index in [2.05, 4.69) is 10.3 Å². The number of aromatic nitrogens is 1. The van der Waals surface area contributed by atoms with Crippen LogP contribution in [-0.4, -0.2) is 16.7 Å². The minimum Gasteiger partial charge on any atom is -0.346 e. The number of fused-ring (bicyclic) bond motifs is 1. The first-order valence-corrected chi connectivity index (χ1v) is 8.14. The molecule has 0 saturated carbocycles. The lowest BCUT2D eigenvalue weighted by atomic mass is 9.81. The summed E-state index contributed by atoms with van der Waals surface area (Å²) in [5.74, 6) is -1.66. The van der Waals surface area contributed by atoms with Gasteiger partial charge >= 0.3 is 0 Å². The Hall–Kier alpha value is -2.34. The zero-order valence-electron chi connectivity index (χ0n) is 13.4. The second kappa shape index (κ2) is 6.52. The van der Waals surface area contributed by atoms with E-state index in [1.165, 1.54) is 30.5 Å². The predicted molar refractivity (Wildman–Crippen MR) is 88.6 cm³/mol. The third-order valence-corrected chi connectivity index (χ3v) is 4.66. The van der Waals surface area contributed by atoms with Crippen LogP contribution in [0, 0.1) is 5.82 Å². The van der Waals surface area contributed by atoms with Gasteiger partial charge < -0.3 is 5.32 Å². The van der Waals surface area contributed by atoms with Crippen LogP contribution in [-0.2, 0) is 10.5 Å². The predicted octanol–water partition coefficient (Wildman–Crippen LogP) is 3.89. The molecule has 0 aliphatic heterocycles. The van der Waals surface area contributed by atoms with E-state index in [-0.39, 0.29) is 34.9 Å². The van der Waals surface area contributed by atoms with Crippen LogP contribution in [0.2, 0.25) is 5.02 Å². The van der Waals surface area contributed by atoms with Crippen LogP contribution in [0.5, 0.6) is 0 Å². The molecule has 1 unspecified atom stereocenters. The largest absolute Gasteiger partial charge is 0.346 e. The molecule has 1 aromatic carbocycles. The van der Waals surface area contributed by atoms with Gasteiger partial charge in [0.25, 0.3) is 5.91 Å². The van der Waals surface area contributed by atoms with Crippen molar-refractivity contribution in [2.45, 2.75) is 31.5 Å². The Labute approximate surface area is 148 Å². The molecule has 1 aliphatic carbocycles. The number of hydrogen-bond acceptors (Lipinski definition) is 3. The molecule has 1 amide bonds. The van der Waals surface area contributed by atoms with E-state index in [0.717, 1.165) is 6.07 Å². The van der Waals surface area contributed by atoms with E-state index in [9.17, 15) is 14.0 Å². The van der Waals surface area contributed by atoms with Crippen LogP contribution in [0.1, 0.15) is 47.4 Å². The number of amides is 1. The van der Waals surface area contributed by atoms with E-state index in [4.69, 9.17) is 11.6 Å². The molecule has 130 valence electrons. The average molecular weight is 365 g/mol. The molecular weight excluding hydrogens is 350 g/mol. The summed E-state index contributed by atoms with van der Waals surface area (Å²) in [4.78, 5) is 28.4. The third kappa shape index (κ3) is 3.14. The van der Waals surface area contributed by atoms with Crippen molar-refractivity contribution in [1.29, 1.82) is 0 Å². The number of pyridine rings is 1. The minimum absolute atomic E-state index is 0.0149. The number of Topliss-reactive ketones (excluding diaryl/α,β-unsaturated/α-hetero) is 1. The maximum atomic E-state index is 15.5. The molecule has 3 rings (SSSR count). The zero-order valence-corrected chi connectivity index (χ0v) is 14.1. The molecule has 0 bridgehead atoms. The number of nitrogens with one attached hydrogen (secondary N) is 1. The maximum Gasteiger partial charge on any atom is 0.262 e. The number of benzene rings is 1. The van der Waals surface area contributed by atoms with Gasteiger partial charge in [-0.2, -0.15) is 0 Å². The fourth-order valence-corrected chi connectivity index (χ4v) is 3.29. The van der Waals surface area contributed by atoms with Crippen LogP contribution in [0.25, 0.3) is 0 Å². The van der Waals surface area contributed by atoms with Crippen molar-refractivity contribution in [3.8, 4) is 0 Å². The van der Waals surface area contributed by atoms with Crippen molar-refractivity contribution in [1.82, 2.24) is 10.3 Å². The monoisotopic (exact) mass is 364 g/mol. The molecule has 0 spiro atoms. The van der Waals surface area contributed by atoms with Crippen molar-refractivity contribution < 1.29 is 18.4 Å². The molecule has 1 heterocycles. The van der Waals surface area contributed by atoms with E-state index in [0.29, 0.717) is 5.56 Å². The standard InChI is InChI=1S/C18H15ClF2N2O2/c1-10(12-5-4-11(20)9-14(12)19)23-17(25)18(21)7-6-15(24)16-13(18)3-2-8-22-16/h2-5,8-10H,6-7H2,1H3,(H,23,25)/t10?,18-/m0/s1. The Morgan fingerprint density at radius 3 is 2.88 bits per heavy atom. The molecule has 1 aliphatic rings. The van der Waals surface area contributed by atoms with Crippen LogP contribution in [0.4, 0.5) is 8.78 Å². The summed E-state index contributed by atoms with van der Waals surface area (Å²) in [6.07, 6.45) is 1.04. The summed E-state index contributed by atoms with van der Waals surface area (Å²) < 4.78 is 28.6. The van der Waals surface area contributed by atoms with Crippen LogP contribution in [0.15, 0.2) is 36.5 Å². The molecule has 7 heteroatoms. The van der Waals surface area contributed by atoms with Crippen molar-refractivity contribution in [2.75, 3.05) is 0 Å². The van der Waals surface area contributed by atoms with Crippen LogP contribution >= 0.6 is 11.6 Å². The van der Waals surface area contributed by atoms with E-state index in [1.54, 1.807) is 6.92 Å². The summed E-state index contributed by atoms with van der Waals surface area (Å²) in [5.41, 5.74) is -1.92. The summed E-state index contributed by atoms with van der Waals surface area (Å²) >= 11 is 5.99. The molecule has 0 fully saturated rings. The van der Waals surface area contributed by atoms with Gasteiger partial charge in [-0.3, -0.25) is 14.6 Å². The van der Waals surface area contributed by atoms with Gasteiger partial charge in [0.15, 0.2) is 5.78 Å². The fraction of sp³-hybridized carbons (Fsp3) is 0.278. The molecule has 2 atom stereocenters. The third-order valence-electron chi connectivity index (χ3n) is 4.33. The first-order valence-electron chi connectivity index (χ1n) is 7.76. The molecule has 0 radical (unpaired) electrons. The van der Waals surface area contributed by atoms with Crippen LogP contribution < -0.4 is 5.32 Å². The smallest absolute Gasteiger partial charge is 0.262 e. The first-order chi connectivity index (χ1) is 11.8. The summed E-state index contributed by atoms with van der Waals surface area (Å²) in [6, 6.07) is 6.03. The van der Waals surface area contributed by atoms with Gasteiger partial charge in [-0.1, -0.05) is 23.7 Å². The number of alkyl halides is 1. The van der Waals surface area contributed by atoms with Gasteiger partial charge in [0.2, 0.25) is 5.67 Å². The highest BCUT2D eigenvalue weighted by atomic mass is 35.5. The van der Waals surface area contributed by atoms with Crippen molar-refractivity contribution in [2.24, 2.45) is 0 Å². The molecule has 2 aromatic rings. The first kappa shape index (κ1) is 17.5. The molecule has 4 nitrogen and oxygen atoms in total. The number of carbonyl (C=O) groups is 2. The Bertz CT molecular complexity index is 859. The molecule has 1 N–H and O–H groups in total. The van der Waals surface area contributed by atoms with Gasteiger partial charge in [0.05, 0.1) is 6.04 Å². The lowest BCUT2D eigenvalue weighted by Crippen LogP contribution is -2.45. The lowest BCUT2D eigenvalue weighted by molar-refractivity contribution is -0.135. The van der Waals surface area contributed by atoms with E-state index >= 15 is 4.39 Å². The van der Waals surface area contributed by atoms with Crippen LogP contribution in [0.3, 0.4) is 0 Å². The number of nitrogens with zero attached hydrogens (tertiary/aromatic N) is 1. The van der Waals surface area contributed by atoms with Crippen molar-refractivity contribution >= 4 is 23.3 Å². The Kier molecular flexibility index (Phi) is 4.56. The maximum absolute atomic E-state index is 15.5. The van der Waals surface area contributed by atoms with Crippen molar-refractivity contribution in [3.63, 3.8) is 0 Å². The fourth-order valence-electron chi connectivity index (χ4n) is 2.96. The lowest BCUT2D eigenvalue weighted by Gasteiger charge is -2.30. The molecule has 0 saturated heterocycles. The zero-order chi connectivity index (χ0) is 18.2. The quantitative estimate of drug-likeness (QED) is 0.898. The number of ketones is 1. The van der Waals surface area contributed by atoms with Gasteiger partial charge in [0, 0.05) is 29.6 Å². The minimum atomic E-state index is -2.35. The summed E-state index contributed by atoms with van der Waals surface area (Å²) in [6.45, 7) is 1.62. The Morgan fingerprint density at radius 1 is 1.40 bits per heavy atom. The Balaban J connectivity index is 1.88. The van der Waals surface area contributed by atoms with E-state index < -0.39 is 23.4 Å². The summed E-state index contributed by atoms with van der Waals surface area (Å²) in [7, 11) is 0. The van der Waals surface area contributed by atoms with Gasteiger partial charge in [-0.25, -0.2) is 8.78 Å². The number of halogens is 3. The van der Waals surface area contributed by atoms with E-state index in [1.807, 2.05) is 0 Å². The molecule has 1 aromatic heterocycles. The second-order valence-corrected chi connectivity index (χ2v) is 6.39. The highest BCUT2D eigenvalue weighted by molar-refractivity contribution is 6.31. The number of carbonyl (C=O) groups excluding carboxylic acids is 2. The highest BCUT2D eigenvalue weighted by Crippen LogP contribution is 2.38. The van der Waals surface area contributed by atoms with Gasteiger partial charge in [-0.15, -0.1) is 0 Å².